The van der Waals surface area contributed by atoms with Crippen molar-refractivity contribution in [1.82, 2.24) is 34.7 Å². The lowest BCUT2D eigenvalue weighted by Gasteiger charge is -2.05. The van der Waals surface area contributed by atoms with Gasteiger partial charge in [-0.15, -0.1) is 5.10 Å². The molecule has 1 N–H and O–H groups in total. The predicted octanol–water partition coefficient (Wildman–Crippen LogP) is 2.99. The van der Waals surface area contributed by atoms with E-state index < -0.39 is 0 Å². The second-order valence-corrected chi connectivity index (χ2v) is 7.02. The number of aromatic nitrogens is 7. The van der Waals surface area contributed by atoms with Gasteiger partial charge in [-0.05, 0) is 47.7 Å². The molecule has 8 nitrogen and oxygen atoms in total. The molecule has 0 unspecified atom stereocenters. The zero-order valence-electron chi connectivity index (χ0n) is 15.9. The summed E-state index contributed by atoms with van der Waals surface area (Å²) >= 11 is 0. The minimum Gasteiger partial charge on any atom is -0.322 e. The first-order valence-corrected chi connectivity index (χ1v) is 9.54. The molecule has 0 aliphatic rings. The fourth-order valence-corrected chi connectivity index (χ4v) is 3.44. The fraction of sp³-hybridized carbons (Fsp3) is 0.190. The standard InChI is InChI=1S/C21H19N7O/c1-2-9-27-13-16(11-22-27)18-6-7-19-21(24-18)28(26-25-19)12-14-3-5-17-15(10-14)4-8-20(29)23-17/h3-8,10-11,13H,2,9,12H2,1H3,(H,23,29). The summed E-state index contributed by atoms with van der Waals surface area (Å²) < 4.78 is 3.72. The molecule has 0 saturated carbocycles. The summed E-state index contributed by atoms with van der Waals surface area (Å²) in [6.07, 6.45) is 4.88. The van der Waals surface area contributed by atoms with Gasteiger partial charge in [0, 0.05) is 29.9 Å². The number of pyridine rings is 2. The molecule has 4 heterocycles. The number of aromatic amines is 1. The van der Waals surface area contributed by atoms with Gasteiger partial charge in [-0.25, -0.2) is 9.67 Å². The lowest BCUT2D eigenvalue weighted by Crippen LogP contribution is -2.05. The molecule has 0 radical (unpaired) electrons. The summed E-state index contributed by atoms with van der Waals surface area (Å²) in [7, 11) is 0. The minimum atomic E-state index is -0.105. The second-order valence-electron chi connectivity index (χ2n) is 7.02. The summed E-state index contributed by atoms with van der Waals surface area (Å²) in [5.74, 6) is 0. The smallest absolute Gasteiger partial charge is 0.248 e. The molecule has 5 aromatic rings. The van der Waals surface area contributed by atoms with Crippen LogP contribution in [0.1, 0.15) is 18.9 Å². The van der Waals surface area contributed by atoms with E-state index in [1.165, 1.54) is 6.07 Å². The van der Waals surface area contributed by atoms with Gasteiger partial charge in [0.2, 0.25) is 5.56 Å². The van der Waals surface area contributed by atoms with Gasteiger partial charge in [0.05, 0.1) is 18.4 Å². The Hall–Kier alpha value is -3.81. The Kier molecular flexibility index (Phi) is 4.16. The Morgan fingerprint density at radius 1 is 1.10 bits per heavy atom. The highest BCUT2D eigenvalue weighted by Gasteiger charge is 2.11. The third kappa shape index (κ3) is 3.29. The third-order valence-corrected chi connectivity index (χ3v) is 4.86. The predicted molar refractivity (Wildman–Crippen MR) is 111 cm³/mol. The van der Waals surface area contributed by atoms with E-state index in [4.69, 9.17) is 4.98 Å². The van der Waals surface area contributed by atoms with Crippen molar-refractivity contribution >= 4 is 22.1 Å². The van der Waals surface area contributed by atoms with Gasteiger partial charge in [-0.3, -0.25) is 9.48 Å². The van der Waals surface area contributed by atoms with Crippen LogP contribution in [0.2, 0.25) is 0 Å². The molecule has 0 fully saturated rings. The van der Waals surface area contributed by atoms with Crippen molar-refractivity contribution in [1.29, 1.82) is 0 Å². The highest BCUT2D eigenvalue weighted by molar-refractivity contribution is 5.79. The van der Waals surface area contributed by atoms with Gasteiger partial charge in [-0.1, -0.05) is 18.2 Å². The zero-order chi connectivity index (χ0) is 19.8. The maximum Gasteiger partial charge on any atom is 0.248 e. The van der Waals surface area contributed by atoms with Crippen molar-refractivity contribution in [2.24, 2.45) is 0 Å². The molecule has 0 aliphatic carbocycles. The van der Waals surface area contributed by atoms with Crippen LogP contribution in [0.25, 0.3) is 33.3 Å². The lowest BCUT2D eigenvalue weighted by atomic mass is 10.1. The Morgan fingerprint density at radius 3 is 2.93 bits per heavy atom. The maximum atomic E-state index is 11.5. The van der Waals surface area contributed by atoms with E-state index >= 15 is 0 Å². The van der Waals surface area contributed by atoms with Gasteiger partial charge >= 0.3 is 0 Å². The van der Waals surface area contributed by atoms with E-state index in [2.05, 4.69) is 27.3 Å². The molecule has 0 spiro atoms. The van der Waals surface area contributed by atoms with Crippen LogP contribution in [-0.2, 0) is 13.1 Å². The first-order chi connectivity index (χ1) is 14.2. The van der Waals surface area contributed by atoms with E-state index in [0.29, 0.717) is 6.54 Å². The SMILES string of the molecule is CCCn1cc(-c2ccc3nnn(Cc4ccc5[nH]c(=O)ccc5c4)c3n2)cn1. The summed E-state index contributed by atoms with van der Waals surface area (Å²) in [6.45, 7) is 3.55. The van der Waals surface area contributed by atoms with Crippen LogP contribution in [0.5, 0.6) is 0 Å². The number of hydrogen-bond acceptors (Lipinski definition) is 5. The second kappa shape index (κ2) is 6.97. The Bertz CT molecular complexity index is 1380. The Labute approximate surface area is 165 Å². The van der Waals surface area contributed by atoms with Crippen LogP contribution >= 0.6 is 0 Å². The molecule has 29 heavy (non-hydrogen) atoms. The highest BCUT2D eigenvalue weighted by Crippen LogP contribution is 2.20. The molecule has 0 bridgehead atoms. The van der Waals surface area contributed by atoms with Crippen molar-refractivity contribution in [2.75, 3.05) is 0 Å². The summed E-state index contributed by atoms with van der Waals surface area (Å²) in [5.41, 5.74) is 5.06. The van der Waals surface area contributed by atoms with Crippen LogP contribution < -0.4 is 5.56 Å². The largest absolute Gasteiger partial charge is 0.322 e. The lowest BCUT2D eigenvalue weighted by molar-refractivity contribution is 0.603. The number of nitrogens with zero attached hydrogens (tertiary/aromatic N) is 6. The monoisotopic (exact) mass is 385 g/mol. The molecular formula is C21H19N7O. The number of benzene rings is 1. The van der Waals surface area contributed by atoms with Crippen LogP contribution in [0.3, 0.4) is 0 Å². The van der Waals surface area contributed by atoms with Crippen molar-refractivity contribution in [2.45, 2.75) is 26.4 Å². The quantitative estimate of drug-likeness (QED) is 0.502. The van der Waals surface area contributed by atoms with Crippen molar-refractivity contribution in [3.05, 3.63) is 70.8 Å². The Morgan fingerprint density at radius 2 is 2.03 bits per heavy atom. The fourth-order valence-electron chi connectivity index (χ4n) is 3.44. The van der Waals surface area contributed by atoms with Crippen molar-refractivity contribution in [3.63, 3.8) is 0 Å². The molecule has 0 amide bonds. The van der Waals surface area contributed by atoms with Crippen LogP contribution in [0, 0.1) is 0 Å². The van der Waals surface area contributed by atoms with E-state index in [9.17, 15) is 4.79 Å². The minimum absolute atomic E-state index is 0.105. The van der Waals surface area contributed by atoms with E-state index in [1.807, 2.05) is 53.5 Å². The van der Waals surface area contributed by atoms with Gasteiger partial charge in [0.1, 0.15) is 5.52 Å². The molecule has 5 rings (SSSR count). The summed E-state index contributed by atoms with van der Waals surface area (Å²) in [6, 6.07) is 13.2. The molecule has 8 heteroatoms. The van der Waals surface area contributed by atoms with E-state index in [1.54, 1.807) is 4.68 Å². The van der Waals surface area contributed by atoms with E-state index in [-0.39, 0.29) is 5.56 Å². The number of rotatable bonds is 5. The van der Waals surface area contributed by atoms with Crippen LogP contribution in [0.15, 0.2) is 59.7 Å². The molecule has 0 saturated heterocycles. The molecule has 4 aromatic heterocycles. The summed E-state index contributed by atoms with van der Waals surface area (Å²) in [5, 5.41) is 13.9. The van der Waals surface area contributed by atoms with E-state index in [0.717, 1.165) is 51.9 Å². The molecular weight excluding hydrogens is 366 g/mol. The van der Waals surface area contributed by atoms with Crippen LogP contribution in [-0.4, -0.2) is 34.7 Å². The van der Waals surface area contributed by atoms with Gasteiger partial charge in [-0.2, -0.15) is 5.10 Å². The first kappa shape index (κ1) is 17.3. The first-order valence-electron chi connectivity index (χ1n) is 9.54. The topological polar surface area (TPSA) is 94.3 Å². The summed E-state index contributed by atoms with van der Waals surface area (Å²) in [4.78, 5) is 19.1. The third-order valence-electron chi connectivity index (χ3n) is 4.86. The number of nitrogens with one attached hydrogen (secondary N) is 1. The zero-order valence-corrected chi connectivity index (χ0v) is 15.9. The number of H-pyrrole nitrogens is 1. The molecule has 0 atom stereocenters. The van der Waals surface area contributed by atoms with Gasteiger partial charge in [0.15, 0.2) is 5.65 Å². The van der Waals surface area contributed by atoms with Gasteiger partial charge < -0.3 is 4.98 Å². The van der Waals surface area contributed by atoms with Crippen molar-refractivity contribution in [3.8, 4) is 11.3 Å². The van der Waals surface area contributed by atoms with Crippen LogP contribution in [0.4, 0.5) is 0 Å². The number of fused-ring (bicyclic) bond motifs is 2. The van der Waals surface area contributed by atoms with Gasteiger partial charge in [0.25, 0.3) is 0 Å². The number of aryl methyl sites for hydroxylation is 1. The molecule has 0 aliphatic heterocycles. The highest BCUT2D eigenvalue weighted by atomic mass is 16.1. The molecule has 1 aromatic carbocycles. The van der Waals surface area contributed by atoms with Crippen molar-refractivity contribution < 1.29 is 0 Å². The average molecular weight is 385 g/mol. The average Bonchev–Trinajstić information content (AvgIpc) is 3.35. The Balaban J connectivity index is 1.50. The maximum absolute atomic E-state index is 11.5. The normalized spacial score (nSPS) is 11.5. The number of hydrogen-bond donors (Lipinski definition) is 1. The molecule has 144 valence electrons.